The molecule has 37 heavy (non-hydrogen) atoms. The van der Waals surface area contributed by atoms with Gasteiger partial charge in [0.2, 0.25) is 0 Å². The molecule has 202 valence electrons. The number of rotatable bonds is 17. The number of carbonyl (C=O) groups is 1. The van der Waals surface area contributed by atoms with Crippen molar-refractivity contribution in [2.45, 2.75) is 84.6 Å². The molecule has 2 aromatic carbocycles. The van der Waals surface area contributed by atoms with E-state index < -0.39 is 0 Å². The molecule has 0 saturated heterocycles. The lowest BCUT2D eigenvalue weighted by molar-refractivity contribution is 0.102. The fourth-order valence-corrected chi connectivity index (χ4v) is 5.26. The molecule has 1 amide bonds. The predicted octanol–water partition coefficient (Wildman–Crippen LogP) is 8.61. The van der Waals surface area contributed by atoms with E-state index in [0.717, 1.165) is 36.5 Å². The maximum atomic E-state index is 13.2. The minimum Gasteiger partial charge on any atom is -0.497 e. The minimum absolute atomic E-state index is 0.176. The molecule has 0 fully saturated rings. The fraction of sp³-hybridized carbons (Fsp3) is 0.516. The number of ether oxygens (including phenoxy) is 2. The van der Waals surface area contributed by atoms with E-state index in [2.05, 4.69) is 36.3 Å². The molecule has 1 aliphatic rings. The highest BCUT2D eigenvalue weighted by atomic mass is 32.2. The number of methoxy groups -OCH3 is 1. The Morgan fingerprint density at radius 2 is 1.70 bits per heavy atom. The van der Waals surface area contributed by atoms with Gasteiger partial charge in [-0.05, 0) is 48.1 Å². The minimum atomic E-state index is -0.176. The average Bonchev–Trinajstić information content (AvgIpc) is 3.31. The van der Waals surface area contributed by atoms with Crippen LogP contribution >= 0.6 is 11.8 Å². The van der Waals surface area contributed by atoms with Crippen molar-refractivity contribution in [2.24, 2.45) is 0 Å². The lowest BCUT2D eigenvalue weighted by atomic mass is 10.1. The zero-order chi connectivity index (χ0) is 26.3. The molecule has 0 aromatic heterocycles. The first-order valence-electron chi connectivity index (χ1n) is 13.9. The highest BCUT2D eigenvalue weighted by molar-refractivity contribution is 8.03. The number of anilines is 1. The van der Waals surface area contributed by atoms with Crippen LogP contribution in [0.2, 0.25) is 0 Å². The molecule has 1 aliphatic heterocycles. The number of thioether (sulfide) groups is 1. The van der Waals surface area contributed by atoms with Gasteiger partial charge in [-0.15, -0.1) is 11.8 Å². The van der Waals surface area contributed by atoms with E-state index >= 15 is 0 Å². The summed E-state index contributed by atoms with van der Waals surface area (Å²) < 4.78 is 11.5. The van der Waals surface area contributed by atoms with Crippen molar-refractivity contribution >= 4 is 23.4 Å². The van der Waals surface area contributed by atoms with Crippen LogP contribution in [-0.4, -0.2) is 30.4 Å². The van der Waals surface area contributed by atoms with Crippen molar-refractivity contribution < 1.29 is 14.3 Å². The van der Waals surface area contributed by atoms with Crippen molar-refractivity contribution in [3.63, 3.8) is 0 Å². The lowest BCUT2D eigenvalue weighted by Crippen LogP contribution is -2.15. The second kappa shape index (κ2) is 16.3. The van der Waals surface area contributed by atoms with Crippen LogP contribution in [-0.2, 0) is 6.54 Å². The predicted molar refractivity (Wildman–Crippen MR) is 156 cm³/mol. The smallest absolute Gasteiger partial charge is 0.259 e. The van der Waals surface area contributed by atoms with Crippen molar-refractivity contribution in [1.82, 2.24) is 4.90 Å². The van der Waals surface area contributed by atoms with Crippen LogP contribution in [0.3, 0.4) is 0 Å². The normalized spacial score (nSPS) is 12.9. The van der Waals surface area contributed by atoms with Gasteiger partial charge in [-0.3, -0.25) is 4.79 Å². The van der Waals surface area contributed by atoms with Crippen molar-refractivity contribution in [1.29, 1.82) is 0 Å². The number of unbranched alkanes of at least 4 members (excludes halogenated alkanes) is 9. The van der Waals surface area contributed by atoms with E-state index in [9.17, 15) is 4.79 Å². The van der Waals surface area contributed by atoms with Gasteiger partial charge in [-0.2, -0.15) is 0 Å². The van der Waals surface area contributed by atoms with E-state index in [4.69, 9.17) is 9.47 Å². The molecule has 0 bridgehead atoms. The number of amides is 1. The number of hydrogen-bond donors (Lipinski definition) is 1. The molecule has 0 atom stereocenters. The summed E-state index contributed by atoms with van der Waals surface area (Å²) in [6, 6.07) is 13.4. The topological polar surface area (TPSA) is 50.8 Å². The average molecular weight is 525 g/mol. The third kappa shape index (κ3) is 10.4. The Morgan fingerprint density at radius 1 is 0.973 bits per heavy atom. The maximum absolute atomic E-state index is 13.2. The summed E-state index contributed by atoms with van der Waals surface area (Å²) in [5.41, 5.74) is 2.47. The molecule has 0 radical (unpaired) electrons. The lowest BCUT2D eigenvalue weighted by Gasteiger charge is -2.16. The van der Waals surface area contributed by atoms with Gasteiger partial charge in [-0.1, -0.05) is 76.8 Å². The molecule has 0 unspecified atom stereocenters. The quantitative estimate of drug-likeness (QED) is 0.210. The maximum Gasteiger partial charge on any atom is 0.259 e. The summed E-state index contributed by atoms with van der Waals surface area (Å²) in [6.45, 7) is 5.81. The van der Waals surface area contributed by atoms with E-state index in [1.54, 1.807) is 25.3 Å². The van der Waals surface area contributed by atoms with E-state index in [0.29, 0.717) is 23.7 Å². The Hall–Kier alpha value is -2.60. The van der Waals surface area contributed by atoms with Crippen LogP contribution in [0.15, 0.2) is 53.6 Å². The molecule has 6 heteroatoms. The Kier molecular flexibility index (Phi) is 12.7. The Labute approximate surface area is 228 Å². The summed E-state index contributed by atoms with van der Waals surface area (Å²) in [5.74, 6) is 2.04. The van der Waals surface area contributed by atoms with Gasteiger partial charge in [0.25, 0.3) is 5.91 Å². The van der Waals surface area contributed by atoms with Crippen molar-refractivity contribution in [3.05, 3.63) is 64.7 Å². The number of nitrogens with zero attached hydrogens (tertiary/aromatic N) is 1. The Bertz CT molecular complexity index is 1010. The zero-order valence-corrected chi connectivity index (χ0v) is 23.7. The molecule has 5 nitrogen and oxygen atoms in total. The third-order valence-electron chi connectivity index (χ3n) is 6.58. The summed E-state index contributed by atoms with van der Waals surface area (Å²) in [4.78, 5) is 16.8. The molecule has 0 aliphatic carbocycles. The van der Waals surface area contributed by atoms with Gasteiger partial charge in [0.15, 0.2) is 0 Å². The molecule has 1 N–H and O–H groups in total. The van der Waals surface area contributed by atoms with Gasteiger partial charge < -0.3 is 19.7 Å². The monoisotopic (exact) mass is 524 g/mol. The van der Waals surface area contributed by atoms with Crippen LogP contribution in [0.1, 0.15) is 94.0 Å². The Balaban J connectivity index is 1.48. The molecule has 0 saturated carbocycles. The molecular weight excluding hydrogens is 480 g/mol. The largest absolute Gasteiger partial charge is 0.497 e. The van der Waals surface area contributed by atoms with Gasteiger partial charge in [0, 0.05) is 24.5 Å². The van der Waals surface area contributed by atoms with Crippen LogP contribution < -0.4 is 14.8 Å². The Morgan fingerprint density at radius 3 is 2.38 bits per heavy atom. The van der Waals surface area contributed by atoms with E-state index in [1.807, 2.05) is 30.0 Å². The van der Waals surface area contributed by atoms with Crippen LogP contribution in [0.5, 0.6) is 11.5 Å². The standard InChI is InChI=1S/C31H44N2O3S/c1-4-5-6-7-8-9-10-11-12-13-19-36-30-21-28(35-3)17-18-29(30)31(34)32-27-16-14-15-26(20-27)23-33-22-25(2)37-24-33/h14-18,20-22H,4-13,19,23-24H2,1-3H3,(H,32,34). The summed E-state index contributed by atoms with van der Waals surface area (Å²) >= 11 is 1.85. The van der Waals surface area contributed by atoms with Gasteiger partial charge in [-0.25, -0.2) is 0 Å². The van der Waals surface area contributed by atoms with Crippen molar-refractivity contribution in [2.75, 3.05) is 24.9 Å². The first-order chi connectivity index (χ1) is 18.1. The molecule has 1 heterocycles. The highest BCUT2D eigenvalue weighted by Crippen LogP contribution is 2.28. The number of benzene rings is 2. The second-order valence-corrected chi connectivity index (χ2v) is 11.0. The van der Waals surface area contributed by atoms with Crippen LogP contribution in [0, 0.1) is 0 Å². The third-order valence-corrected chi connectivity index (χ3v) is 7.60. The summed E-state index contributed by atoms with van der Waals surface area (Å²) in [5, 5.41) is 3.05. The van der Waals surface area contributed by atoms with Gasteiger partial charge >= 0.3 is 0 Å². The number of carbonyl (C=O) groups excluding carboxylic acids is 1. The van der Waals surface area contributed by atoms with Gasteiger partial charge in [0.05, 0.1) is 25.2 Å². The van der Waals surface area contributed by atoms with Crippen molar-refractivity contribution in [3.8, 4) is 11.5 Å². The summed E-state index contributed by atoms with van der Waals surface area (Å²) in [7, 11) is 1.63. The second-order valence-electron chi connectivity index (χ2n) is 9.81. The van der Waals surface area contributed by atoms with Crippen LogP contribution in [0.4, 0.5) is 5.69 Å². The number of hydrogen-bond acceptors (Lipinski definition) is 5. The number of nitrogens with one attached hydrogen (secondary N) is 1. The van der Waals surface area contributed by atoms with Crippen LogP contribution in [0.25, 0.3) is 0 Å². The first-order valence-corrected chi connectivity index (χ1v) is 14.8. The number of allylic oxidation sites excluding steroid dienone is 1. The van der Waals surface area contributed by atoms with Gasteiger partial charge in [0.1, 0.15) is 11.5 Å². The molecule has 0 spiro atoms. The molecule has 3 rings (SSSR count). The summed E-state index contributed by atoms with van der Waals surface area (Å²) in [6.07, 6.45) is 15.0. The zero-order valence-electron chi connectivity index (χ0n) is 22.9. The molecular formula is C31H44N2O3S. The highest BCUT2D eigenvalue weighted by Gasteiger charge is 2.15. The van der Waals surface area contributed by atoms with E-state index in [1.165, 1.54) is 56.3 Å². The molecule has 2 aromatic rings. The first kappa shape index (κ1) is 29.0. The van der Waals surface area contributed by atoms with E-state index in [-0.39, 0.29) is 5.91 Å². The SMILES string of the molecule is CCCCCCCCCCCCOc1cc(OC)ccc1C(=O)Nc1cccc(CN2C=C(C)SC2)c1. The fourth-order valence-electron chi connectivity index (χ4n) is 4.50.